The van der Waals surface area contributed by atoms with Gasteiger partial charge >= 0.3 is 11.7 Å². The van der Waals surface area contributed by atoms with Crippen molar-refractivity contribution in [3.05, 3.63) is 22.7 Å². The highest BCUT2D eigenvalue weighted by atomic mass is 32.2. The second-order valence-electron chi connectivity index (χ2n) is 7.60. The smallest absolute Gasteiger partial charge is 0.351 e. The molecule has 2 fully saturated rings. The number of nitrogens with zero attached hydrogens (tertiary/aromatic N) is 2. The quantitative estimate of drug-likeness (QED) is 0.800. The van der Waals surface area contributed by atoms with Crippen LogP contribution in [0.1, 0.15) is 46.3 Å². The Kier molecular flexibility index (Phi) is 5.92. The Hall–Kier alpha value is -1.54. The van der Waals surface area contributed by atoms with Crippen LogP contribution in [0.2, 0.25) is 0 Å². The van der Waals surface area contributed by atoms with Crippen molar-refractivity contribution in [1.82, 2.24) is 9.55 Å². The summed E-state index contributed by atoms with van der Waals surface area (Å²) in [5.74, 6) is 1.73. The van der Waals surface area contributed by atoms with E-state index in [1.807, 2.05) is 0 Å². The van der Waals surface area contributed by atoms with Gasteiger partial charge in [-0.25, -0.2) is 9.59 Å². The number of ether oxygens (including phenoxy) is 2. The van der Waals surface area contributed by atoms with Crippen LogP contribution in [-0.2, 0) is 14.3 Å². The van der Waals surface area contributed by atoms with Crippen molar-refractivity contribution in [3.63, 3.8) is 0 Å². The minimum atomic E-state index is -0.713. The summed E-state index contributed by atoms with van der Waals surface area (Å²) in [6.07, 6.45) is 4.11. The number of carbonyl (C=O) groups is 1. The molecular weight excluding hydrogens is 354 g/mol. The number of hydrogen-bond acceptors (Lipinski definition) is 7. The number of thioether (sulfide) groups is 1. The first-order valence-electron chi connectivity index (χ1n) is 9.17. The van der Waals surface area contributed by atoms with Gasteiger partial charge in [0.15, 0.2) is 0 Å². The molecule has 1 aliphatic heterocycles. The maximum Gasteiger partial charge on any atom is 0.351 e. The minimum Gasteiger partial charge on any atom is -0.459 e. The summed E-state index contributed by atoms with van der Waals surface area (Å²) in [6.45, 7) is 6.56. The topological polar surface area (TPSA) is 96.4 Å². The highest BCUT2D eigenvalue weighted by molar-refractivity contribution is 8.00. The zero-order valence-electron chi connectivity index (χ0n) is 15.5. The third kappa shape index (κ3) is 4.23. The fourth-order valence-electron chi connectivity index (χ4n) is 3.76. The van der Waals surface area contributed by atoms with Gasteiger partial charge in [0, 0.05) is 11.9 Å². The molecule has 1 aromatic heterocycles. The number of hydrogen-bond donors (Lipinski definition) is 1. The molecule has 0 bridgehead atoms. The predicted molar refractivity (Wildman–Crippen MR) is 101 cm³/mol. The molecule has 7 nitrogen and oxygen atoms in total. The first kappa shape index (κ1) is 19.2. The van der Waals surface area contributed by atoms with Crippen LogP contribution < -0.4 is 11.4 Å². The molecule has 1 saturated carbocycles. The van der Waals surface area contributed by atoms with Gasteiger partial charge in [-0.1, -0.05) is 27.2 Å². The highest BCUT2D eigenvalue weighted by Gasteiger charge is 2.38. The molecule has 0 aromatic carbocycles. The first-order chi connectivity index (χ1) is 12.3. The molecule has 1 aliphatic carbocycles. The molecule has 8 heteroatoms. The molecular formula is C18H27N3O4S. The fourth-order valence-corrected chi connectivity index (χ4v) is 4.74. The Bertz CT molecular complexity index is 708. The fraction of sp³-hybridized carbons (Fsp3) is 0.722. The van der Waals surface area contributed by atoms with Gasteiger partial charge in [0.25, 0.3) is 0 Å². The number of aromatic nitrogens is 2. The number of nitrogens with two attached hydrogens (primary N) is 1. The lowest BCUT2D eigenvalue weighted by Crippen LogP contribution is -2.38. The van der Waals surface area contributed by atoms with E-state index in [1.54, 1.807) is 6.20 Å². The Morgan fingerprint density at radius 1 is 1.46 bits per heavy atom. The number of carbonyl (C=O) groups excluding carboxylic acids is 1. The molecule has 1 saturated heterocycles. The molecule has 2 aliphatic rings. The first-order valence-corrected chi connectivity index (χ1v) is 10.2. The van der Waals surface area contributed by atoms with Crippen LogP contribution in [-0.4, -0.2) is 32.8 Å². The van der Waals surface area contributed by atoms with Crippen molar-refractivity contribution in [2.75, 3.05) is 11.5 Å². The zero-order chi connectivity index (χ0) is 18.8. The monoisotopic (exact) mass is 381 g/mol. The Balaban J connectivity index is 1.63. The van der Waals surface area contributed by atoms with E-state index in [0.717, 1.165) is 12.8 Å². The van der Waals surface area contributed by atoms with E-state index in [2.05, 4.69) is 25.8 Å². The molecule has 0 spiro atoms. The van der Waals surface area contributed by atoms with Crippen LogP contribution in [0.5, 0.6) is 0 Å². The average Bonchev–Trinajstić information content (AvgIpc) is 3.04. The maximum atomic E-state index is 12.6. The van der Waals surface area contributed by atoms with E-state index in [0.29, 0.717) is 23.5 Å². The Morgan fingerprint density at radius 2 is 2.23 bits per heavy atom. The second-order valence-corrected chi connectivity index (χ2v) is 8.69. The van der Waals surface area contributed by atoms with Gasteiger partial charge in [-0.15, -0.1) is 11.8 Å². The van der Waals surface area contributed by atoms with Crippen molar-refractivity contribution < 1.29 is 14.3 Å². The number of rotatable bonds is 4. The number of esters is 1. The molecule has 0 amide bonds. The van der Waals surface area contributed by atoms with E-state index in [1.165, 1.54) is 28.8 Å². The van der Waals surface area contributed by atoms with Crippen molar-refractivity contribution in [2.24, 2.45) is 17.8 Å². The van der Waals surface area contributed by atoms with Crippen LogP contribution in [0.3, 0.4) is 0 Å². The van der Waals surface area contributed by atoms with Crippen LogP contribution in [0.4, 0.5) is 5.82 Å². The van der Waals surface area contributed by atoms with Gasteiger partial charge in [-0.05, 0) is 36.7 Å². The van der Waals surface area contributed by atoms with Crippen LogP contribution >= 0.6 is 11.8 Å². The number of anilines is 1. The van der Waals surface area contributed by atoms with Crippen LogP contribution in [0, 0.1) is 17.8 Å². The van der Waals surface area contributed by atoms with E-state index in [4.69, 9.17) is 15.2 Å². The third-order valence-electron chi connectivity index (χ3n) is 5.25. The third-order valence-corrected chi connectivity index (χ3v) is 6.34. The Morgan fingerprint density at radius 3 is 2.92 bits per heavy atom. The molecule has 2 heterocycles. The summed E-state index contributed by atoms with van der Waals surface area (Å²) >= 11 is 1.35. The minimum absolute atomic E-state index is 0.0598. The number of nitrogen functional groups attached to an aromatic ring is 1. The van der Waals surface area contributed by atoms with Crippen molar-refractivity contribution in [3.8, 4) is 0 Å². The molecule has 2 N–H and O–H groups in total. The Labute approximate surface area is 157 Å². The summed E-state index contributed by atoms with van der Waals surface area (Å²) in [6, 6.07) is 1.54. The SMILES string of the molecule is CC1CCC(C(C)C)[C@H](OC(=O)[C@H]2O[C@@H](n3ccc(N)nc3=O)CS2)C1. The highest BCUT2D eigenvalue weighted by Crippen LogP contribution is 2.37. The largest absolute Gasteiger partial charge is 0.459 e. The van der Waals surface area contributed by atoms with Gasteiger partial charge in [0.2, 0.25) is 5.44 Å². The lowest BCUT2D eigenvalue weighted by Gasteiger charge is -2.37. The molecule has 3 rings (SSSR count). The lowest BCUT2D eigenvalue weighted by molar-refractivity contribution is -0.166. The lowest BCUT2D eigenvalue weighted by atomic mass is 9.75. The summed E-state index contributed by atoms with van der Waals surface area (Å²) in [7, 11) is 0. The maximum absolute atomic E-state index is 12.6. The van der Waals surface area contributed by atoms with Crippen LogP contribution in [0.15, 0.2) is 17.1 Å². The van der Waals surface area contributed by atoms with E-state index in [9.17, 15) is 9.59 Å². The zero-order valence-corrected chi connectivity index (χ0v) is 16.3. The van der Waals surface area contributed by atoms with E-state index < -0.39 is 17.4 Å². The molecule has 1 aromatic rings. The normalized spacial score (nSPS) is 31.9. The van der Waals surface area contributed by atoms with E-state index >= 15 is 0 Å². The molecule has 26 heavy (non-hydrogen) atoms. The summed E-state index contributed by atoms with van der Waals surface area (Å²) in [5.41, 5.74) is 4.32. The summed E-state index contributed by atoms with van der Waals surface area (Å²) < 4.78 is 13.0. The van der Waals surface area contributed by atoms with Gasteiger partial charge < -0.3 is 15.2 Å². The summed E-state index contributed by atoms with van der Waals surface area (Å²) in [5, 5.41) is 0. The molecule has 5 atom stereocenters. The molecule has 144 valence electrons. The average molecular weight is 381 g/mol. The standard InChI is InChI=1S/C18H27N3O4S/c1-10(2)12-5-4-11(3)8-13(12)24-16(22)17-25-15(9-26-17)21-7-6-14(19)20-18(21)23/h6-7,10-13,15,17H,4-5,8-9H2,1-3H3,(H2,19,20,23)/t11?,12?,13-,15-,17+/m1/s1. The van der Waals surface area contributed by atoms with Crippen molar-refractivity contribution in [2.45, 2.75) is 57.8 Å². The summed E-state index contributed by atoms with van der Waals surface area (Å²) in [4.78, 5) is 28.3. The van der Waals surface area contributed by atoms with Gasteiger partial charge in [0.05, 0.1) is 0 Å². The van der Waals surface area contributed by atoms with Crippen molar-refractivity contribution >= 4 is 23.5 Å². The molecule has 0 radical (unpaired) electrons. The second kappa shape index (κ2) is 8.00. The molecule has 2 unspecified atom stereocenters. The van der Waals surface area contributed by atoms with Gasteiger partial charge in [0.1, 0.15) is 18.1 Å². The van der Waals surface area contributed by atoms with Gasteiger partial charge in [-0.3, -0.25) is 4.57 Å². The predicted octanol–water partition coefficient (Wildman–Crippen LogP) is 2.42. The van der Waals surface area contributed by atoms with E-state index in [-0.39, 0.29) is 17.9 Å². The van der Waals surface area contributed by atoms with Crippen molar-refractivity contribution in [1.29, 1.82) is 0 Å². The van der Waals surface area contributed by atoms with Gasteiger partial charge in [-0.2, -0.15) is 4.98 Å². The van der Waals surface area contributed by atoms with Crippen LogP contribution in [0.25, 0.3) is 0 Å².